The first-order valence-electron chi connectivity index (χ1n) is 5.93. The molecule has 1 aromatic rings. The number of nitrogens with one attached hydrogen (secondary N) is 2. The number of rotatable bonds is 2. The third-order valence-corrected chi connectivity index (χ3v) is 3.98. The molecule has 0 saturated carbocycles. The summed E-state index contributed by atoms with van der Waals surface area (Å²) in [4.78, 5) is 13.4. The van der Waals surface area contributed by atoms with E-state index >= 15 is 0 Å². The number of hydrogen-bond acceptors (Lipinski definition) is 2. The lowest BCUT2D eigenvalue weighted by atomic mass is 9.88. The van der Waals surface area contributed by atoms with Gasteiger partial charge in [0.05, 0.1) is 11.2 Å². The Balaban J connectivity index is 2.46. The summed E-state index contributed by atoms with van der Waals surface area (Å²) in [6, 6.07) is 4.49. The molecule has 2 N–H and O–H groups in total. The molecule has 2 rings (SSSR count). The van der Waals surface area contributed by atoms with E-state index in [1.807, 2.05) is 20.8 Å². The van der Waals surface area contributed by atoms with Crippen molar-refractivity contribution in [1.82, 2.24) is 5.32 Å². The Kier molecular flexibility index (Phi) is 3.49. The highest BCUT2D eigenvalue weighted by Gasteiger charge is 2.47. The Morgan fingerprint density at radius 1 is 1.26 bits per heavy atom. The summed E-state index contributed by atoms with van der Waals surface area (Å²) in [7, 11) is 0. The smallest absolute Gasteiger partial charge is 0.325 e. The van der Waals surface area contributed by atoms with Crippen LogP contribution in [0, 0.1) is 11.3 Å². The first-order chi connectivity index (χ1) is 8.75. The van der Waals surface area contributed by atoms with Gasteiger partial charge in [0.1, 0.15) is 5.84 Å². The summed E-state index contributed by atoms with van der Waals surface area (Å²) in [5.41, 5.74) is -0.185. The molecule has 0 aliphatic carbocycles. The number of hydrogen-bond donors (Lipinski definition) is 2. The van der Waals surface area contributed by atoms with Crippen LogP contribution in [0.1, 0.15) is 20.8 Å². The molecular formula is C13H15Cl2N3O. The predicted molar refractivity (Wildman–Crippen MR) is 78.4 cm³/mol. The standard InChI is InChI=1S/C13H15Cl2N3O/c1-7(2)13(3)11(16)18(12(19)17-13)10-5-8(14)4-9(15)6-10/h4-7,16H,1-3H3,(H,17,19). The number of anilines is 1. The van der Waals surface area contributed by atoms with Crippen LogP contribution < -0.4 is 10.2 Å². The normalized spacial score (nSPS) is 23.2. The molecule has 1 aliphatic heterocycles. The molecule has 0 spiro atoms. The average Bonchev–Trinajstić information content (AvgIpc) is 2.49. The maximum atomic E-state index is 12.1. The van der Waals surface area contributed by atoms with Crippen LogP contribution in [-0.2, 0) is 0 Å². The second-order valence-corrected chi connectivity index (χ2v) is 5.97. The van der Waals surface area contributed by atoms with Gasteiger partial charge in [-0.1, -0.05) is 37.0 Å². The summed E-state index contributed by atoms with van der Waals surface area (Å²) in [5, 5.41) is 12.0. The van der Waals surface area contributed by atoms with Crippen LogP contribution in [0.15, 0.2) is 18.2 Å². The largest absolute Gasteiger partial charge is 0.328 e. The van der Waals surface area contributed by atoms with Gasteiger partial charge in [-0.3, -0.25) is 5.41 Å². The maximum Gasteiger partial charge on any atom is 0.328 e. The van der Waals surface area contributed by atoms with E-state index in [0.717, 1.165) is 0 Å². The molecule has 1 heterocycles. The lowest BCUT2D eigenvalue weighted by Crippen LogP contribution is -2.48. The van der Waals surface area contributed by atoms with Crippen molar-refractivity contribution < 1.29 is 4.79 Å². The molecule has 1 atom stereocenters. The van der Waals surface area contributed by atoms with E-state index in [9.17, 15) is 4.79 Å². The third-order valence-electron chi connectivity index (χ3n) is 3.55. The van der Waals surface area contributed by atoms with Crippen molar-refractivity contribution in [2.24, 2.45) is 5.92 Å². The van der Waals surface area contributed by atoms with Crippen LogP contribution >= 0.6 is 23.2 Å². The molecule has 0 aromatic heterocycles. The van der Waals surface area contributed by atoms with Crippen molar-refractivity contribution in [3.05, 3.63) is 28.2 Å². The van der Waals surface area contributed by atoms with Gasteiger partial charge in [0.25, 0.3) is 0 Å². The number of carbonyl (C=O) groups excluding carboxylic acids is 1. The summed E-state index contributed by atoms with van der Waals surface area (Å²) >= 11 is 11.9. The van der Waals surface area contributed by atoms with E-state index in [-0.39, 0.29) is 17.8 Å². The monoisotopic (exact) mass is 299 g/mol. The number of amides is 2. The molecule has 1 saturated heterocycles. The summed E-state index contributed by atoms with van der Waals surface area (Å²) < 4.78 is 0. The van der Waals surface area contributed by atoms with Gasteiger partial charge in [-0.25, -0.2) is 9.69 Å². The Hall–Kier alpha value is -1.26. The van der Waals surface area contributed by atoms with Gasteiger partial charge in [0.2, 0.25) is 0 Å². The third kappa shape index (κ3) is 2.30. The molecule has 6 heteroatoms. The minimum Gasteiger partial charge on any atom is -0.325 e. The van der Waals surface area contributed by atoms with E-state index in [1.54, 1.807) is 18.2 Å². The van der Waals surface area contributed by atoms with Gasteiger partial charge in [0.15, 0.2) is 0 Å². The maximum absolute atomic E-state index is 12.1. The number of benzene rings is 1. The topological polar surface area (TPSA) is 56.2 Å². The van der Waals surface area contributed by atoms with Crippen LogP contribution in [-0.4, -0.2) is 17.4 Å². The van der Waals surface area contributed by atoms with Crippen LogP contribution in [0.25, 0.3) is 0 Å². The van der Waals surface area contributed by atoms with Crippen molar-refractivity contribution in [1.29, 1.82) is 5.41 Å². The van der Waals surface area contributed by atoms with E-state index in [1.165, 1.54) is 4.90 Å². The van der Waals surface area contributed by atoms with E-state index < -0.39 is 5.54 Å². The van der Waals surface area contributed by atoms with E-state index in [4.69, 9.17) is 28.6 Å². The van der Waals surface area contributed by atoms with Gasteiger partial charge in [-0.15, -0.1) is 0 Å². The molecule has 0 radical (unpaired) electrons. The second kappa shape index (κ2) is 4.69. The molecule has 1 aliphatic rings. The number of carbonyl (C=O) groups is 1. The lowest BCUT2D eigenvalue weighted by Gasteiger charge is -2.28. The number of nitrogens with zero attached hydrogens (tertiary/aromatic N) is 1. The minimum atomic E-state index is -0.689. The van der Waals surface area contributed by atoms with Gasteiger partial charge in [0, 0.05) is 10.0 Å². The van der Waals surface area contributed by atoms with Crippen molar-refractivity contribution in [2.75, 3.05) is 4.90 Å². The SMILES string of the molecule is CC(C)C1(C)NC(=O)N(c2cc(Cl)cc(Cl)c2)C1=N. The zero-order chi connectivity index (χ0) is 14.4. The molecule has 1 aromatic carbocycles. The van der Waals surface area contributed by atoms with Crippen molar-refractivity contribution in [2.45, 2.75) is 26.3 Å². The zero-order valence-corrected chi connectivity index (χ0v) is 12.4. The first-order valence-corrected chi connectivity index (χ1v) is 6.68. The number of urea groups is 1. The zero-order valence-electron chi connectivity index (χ0n) is 10.9. The van der Waals surface area contributed by atoms with Gasteiger partial charge in [-0.2, -0.15) is 0 Å². The molecule has 19 heavy (non-hydrogen) atoms. The first kappa shape index (κ1) is 14.2. The molecule has 1 unspecified atom stereocenters. The minimum absolute atomic E-state index is 0.101. The average molecular weight is 300 g/mol. The van der Waals surface area contributed by atoms with Crippen LogP contribution in [0.3, 0.4) is 0 Å². The van der Waals surface area contributed by atoms with Gasteiger partial charge < -0.3 is 5.32 Å². The molecule has 0 bridgehead atoms. The van der Waals surface area contributed by atoms with E-state index in [2.05, 4.69) is 5.32 Å². The highest BCUT2D eigenvalue weighted by molar-refractivity contribution is 6.35. The Morgan fingerprint density at radius 3 is 2.21 bits per heavy atom. The summed E-state index contributed by atoms with van der Waals surface area (Å²) in [6.45, 7) is 5.76. The van der Waals surface area contributed by atoms with Gasteiger partial charge in [-0.05, 0) is 31.0 Å². The Bertz CT molecular complexity index is 539. The lowest BCUT2D eigenvalue weighted by molar-refractivity contribution is 0.244. The van der Waals surface area contributed by atoms with Crippen LogP contribution in [0.2, 0.25) is 10.0 Å². The van der Waals surface area contributed by atoms with Crippen molar-refractivity contribution in [3.8, 4) is 0 Å². The Morgan fingerprint density at radius 2 is 1.79 bits per heavy atom. The molecule has 2 amide bonds. The fourth-order valence-corrected chi connectivity index (χ4v) is 2.52. The predicted octanol–water partition coefficient (Wildman–Crippen LogP) is 3.91. The molecule has 102 valence electrons. The van der Waals surface area contributed by atoms with Crippen LogP contribution in [0.5, 0.6) is 0 Å². The fraction of sp³-hybridized carbons (Fsp3) is 0.385. The highest BCUT2D eigenvalue weighted by Crippen LogP contribution is 2.32. The summed E-state index contributed by atoms with van der Waals surface area (Å²) in [5.74, 6) is 0.300. The Labute approximate surface area is 122 Å². The quantitative estimate of drug-likeness (QED) is 0.854. The molecular weight excluding hydrogens is 285 g/mol. The van der Waals surface area contributed by atoms with E-state index in [0.29, 0.717) is 15.7 Å². The number of halogens is 2. The second-order valence-electron chi connectivity index (χ2n) is 5.10. The van der Waals surface area contributed by atoms with Gasteiger partial charge >= 0.3 is 6.03 Å². The molecule has 4 nitrogen and oxygen atoms in total. The number of amidine groups is 1. The van der Waals surface area contributed by atoms with Crippen LogP contribution in [0.4, 0.5) is 10.5 Å². The van der Waals surface area contributed by atoms with Crippen molar-refractivity contribution >= 4 is 40.8 Å². The molecule has 1 fully saturated rings. The fourth-order valence-electron chi connectivity index (χ4n) is 2.00. The summed E-state index contributed by atoms with van der Waals surface area (Å²) in [6.07, 6.45) is 0. The highest BCUT2D eigenvalue weighted by atomic mass is 35.5. The van der Waals surface area contributed by atoms with Crippen molar-refractivity contribution in [3.63, 3.8) is 0 Å².